The van der Waals surface area contributed by atoms with Gasteiger partial charge in [0.25, 0.3) is 0 Å². The average molecular weight is 309 g/mol. The fourth-order valence-electron chi connectivity index (χ4n) is 1.67. The highest BCUT2D eigenvalue weighted by Crippen LogP contribution is 2.15. The summed E-state index contributed by atoms with van der Waals surface area (Å²) in [6, 6.07) is 15.0. The molecule has 0 unspecified atom stereocenters. The van der Waals surface area contributed by atoms with Gasteiger partial charge in [-0.05, 0) is 23.3 Å². The summed E-state index contributed by atoms with van der Waals surface area (Å²) in [5.74, 6) is -0.215. The van der Waals surface area contributed by atoms with E-state index in [1.165, 1.54) is 6.07 Å². The minimum Gasteiger partial charge on any atom is -0.372 e. The number of hydrogen-bond acceptors (Lipinski definition) is 1. The summed E-state index contributed by atoms with van der Waals surface area (Å²) in [6.07, 6.45) is 0. The van der Waals surface area contributed by atoms with Crippen LogP contribution in [-0.2, 0) is 23.3 Å². The van der Waals surface area contributed by atoms with Gasteiger partial charge in [-0.25, -0.2) is 4.39 Å². The van der Waals surface area contributed by atoms with E-state index in [1.54, 1.807) is 6.07 Å². The van der Waals surface area contributed by atoms with Crippen molar-refractivity contribution in [2.24, 2.45) is 0 Å². The van der Waals surface area contributed by atoms with Crippen LogP contribution < -0.4 is 0 Å². The molecule has 0 aromatic heterocycles. The number of rotatable bonds is 5. The molecule has 94 valence electrons. The Labute approximate surface area is 115 Å². The zero-order valence-electron chi connectivity index (χ0n) is 9.90. The molecule has 0 aliphatic rings. The summed E-state index contributed by atoms with van der Waals surface area (Å²) in [4.78, 5) is 0. The molecule has 0 saturated heterocycles. The molecule has 0 aliphatic heterocycles. The summed E-state index contributed by atoms with van der Waals surface area (Å²) < 4.78 is 19.1. The number of halogens is 2. The number of ether oxygens (including phenoxy) is 1. The topological polar surface area (TPSA) is 9.23 Å². The summed E-state index contributed by atoms with van der Waals surface area (Å²) in [6.45, 7) is 0.792. The fraction of sp³-hybridized carbons (Fsp3) is 0.200. The first-order valence-electron chi connectivity index (χ1n) is 5.74. The molecule has 0 saturated carbocycles. The van der Waals surface area contributed by atoms with Crippen molar-refractivity contribution in [1.82, 2.24) is 0 Å². The predicted molar refractivity (Wildman–Crippen MR) is 74.0 cm³/mol. The summed E-state index contributed by atoms with van der Waals surface area (Å²) in [5, 5.41) is 0.721. The maximum atomic E-state index is 13.5. The first-order valence-corrected chi connectivity index (χ1v) is 6.86. The summed E-state index contributed by atoms with van der Waals surface area (Å²) in [5.41, 5.74) is 2.74. The molecule has 0 spiro atoms. The highest BCUT2D eigenvalue weighted by molar-refractivity contribution is 9.08. The maximum Gasteiger partial charge on any atom is 0.128 e. The van der Waals surface area contributed by atoms with Crippen LogP contribution in [-0.4, -0.2) is 0 Å². The Bertz CT molecular complexity index is 499. The van der Waals surface area contributed by atoms with Crippen molar-refractivity contribution in [3.63, 3.8) is 0 Å². The van der Waals surface area contributed by atoms with Crippen LogP contribution >= 0.6 is 15.9 Å². The average Bonchev–Trinajstić information content (AvgIpc) is 2.42. The van der Waals surface area contributed by atoms with Gasteiger partial charge >= 0.3 is 0 Å². The second kappa shape index (κ2) is 6.66. The molecule has 0 heterocycles. The van der Waals surface area contributed by atoms with Crippen molar-refractivity contribution in [3.8, 4) is 0 Å². The predicted octanol–water partition coefficient (Wildman–Crippen LogP) is 4.44. The molecule has 0 atom stereocenters. The van der Waals surface area contributed by atoms with Crippen LogP contribution in [0, 0.1) is 5.82 Å². The van der Waals surface area contributed by atoms with Crippen LogP contribution in [0.15, 0.2) is 48.5 Å². The standard InChI is InChI=1S/C15H14BrFO/c16-9-13-6-7-15(17)14(8-13)11-18-10-12-4-2-1-3-5-12/h1-8H,9-11H2. The van der Waals surface area contributed by atoms with E-state index >= 15 is 0 Å². The third-order valence-corrected chi connectivity index (χ3v) is 3.28. The van der Waals surface area contributed by atoms with E-state index in [0.717, 1.165) is 16.5 Å². The molecule has 0 radical (unpaired) electrons. The van der Waals surface area contributed by atoms with E-state index in [4.69, 9.17) is 4.74 Å². The van der Waals surface area contributed by atoms with Gasteiger partial charge in [0.1, 0.15) is 5.82 Å². The Morgan fingerprint density at radius 2 is 1.72 bits per heavy atom. The molecule has 0 amide bonds. The fourth-order valence-corrected chi connectivity index (χ4v) is 2.02. The molecule has 0 bridgehead atoms. The van der Waals surface area contributed by atoms with Crippen molar-refractivity contribution in [1.29, 1.82) is 0 Å². The zero-order valence-corrected chi connectivity index (χ0v) is 11.5. The second-order valence-electron chi connectivity index (χ2n) is 4.04. The molecule has 18 heavy (non-hydrogen) atoms. The van der Waals surface area contributed by atoms with Gasteiger partial charge in [-0.15, -0.1) is 0 Å². The highest BCUT2D eigenvalue weighted by Gasteiger charge is 2.03. The first kappa shape index (κ1) is 13.2. The monoisotopic (exact) mass is 308 g/mol. The molecule has 2 rings (SSSR count). The summed E-state index contributed by atoms with van der Waals surface area (Å²) in [7, 11) is 0. The molecule has 0 aliphatic carbocycles. The third kappa shape index (κ3) is 3.65. The number of hydrogen-bond donors (Lipinski definition) is 0. The van der Waals surface area contributed by atoms with Crippen molar-refractivity contribution < 1.29 is 9.13 Å². The normalized spacial score (nSPS) is 10.6. The lowest BCUT2D eigenvalue weighted by atomic mass is 10.1. The van der Waals surface area contributed by atoms with Gasteiger partial charge in [0.05, 0.1) is 13.2 Å². The largest absolute Gasteiger partial charge is 0.372 e. The van der Waals surface area contributed by atoms with Crippen LogP contribution in [0.4, 0.5) is 4.39 Å². The summed E-state index contributed by atoms with van der Waals surface area (Å²) >= 11 is 3.36. The Kier molecular flexibility index (Phi) is 4.90. The van der Waals surface area contributed by atoms with Gasteiger partial charge in [0.15, 0.2) is 0 Å². The van der Waals surface area contributed by atoms with Gasteiger partial charge in [0.2, 0.25) is 0 Å². The van der Waals surface area contributed by atoms with E-state index in [0.29, 0.717) is 18.8 Å². The van der Waals surface area contributed by atoms with Crippen LogP contribution in [0.25, 0.3) is 0 Å². The van der Waals surface area contributed by atoms with Gasteiger partial charge in [0, 0.05) is 10.9 Å². The van der Waals surface area contributed by atoms with Gasteiger partial charge in [-0.3, -0.25) is 0 Å². The number of alkyl halides is 1. The van der Waals surface area contributed by atoms with Crippen LogP contribution in [0.3, 0.4) is 0 Å². The Morgan fingerprint density at radius 1 is 0.944 bits per heavy atom. The molecule has 0 fully saturated rings. The quantitative estimate of drug-likeness (QED) is 0.742. The van der Waals surface area contributed by atoms with Gasteiger partial charge in [-0.1, -0.05) is 52.3 Å². The smallest absolute Gasteiger partial charge is 0.128 e. The Morgan fingerprint density at radius 3 is 2.44 bits per heavy atom. The molecule has 3 heteroatoms. The van der Waals surface area contributed by atoms with E-state index in [2.05, 4.69) is 15.9 Å². The Balaban J connectivity index is 1.94. The maximum absolute atomic E-state index is 13.5. The van der Waals surface area contributed by atoms with Crippen molar-refractivity contribution in [2.75, 3.05) is 0 Å². The van der Waals surface area contributed by atoms with Crippen molar-refractivity contribution in [3.05, 3.63) is 71.0 Å². The minimum absolute atomic E-state index is 0.215. The molecule has 1 nitrogen and oxygen atoms in total. The zero-order chi connectivity index (χ0) is 12.8. The lowest BCUT2D eigenvalue weighted by molar-refractivity contribution is 0.105. The lowest BCUT2D eigenvalue weighted by Gasteiger charge is -2.07. The van der Waals surface area contributed by atoms with Crippen molar-refractivity contribution in [2.45, 2.75) is 18.5 Å². The number of benzene rings is 2. The van der Waals surface area contributed by atoms with Crippen molar-refractivity contribution >= 4 is 15.9 Å². The molecular formula is C15H14BrFO. The Hall–Kier alpha value is -1.19. The van der Waals surface area contributed by atoms with E-state index in [1.807, 2.05) is 36.4 Å². The SMILES string of the molecule is Fc1ccc(CBr)cc1COCc1ccccc1. The minimum atomic E-state index is -0.215. The molecule has 2 aromatic rings. The first-order chi connectivity index (χ1) is 8.79. The third-order valence-electron chi connectivity index (χ3n) is 2.63. The van der Waals surface area contributed by atoms with Crippen LogP contribution in [0.1, 0.15) is 16.7 Å². The molecule has 0 N–H and O–H groups in total. The highest BCUT2D eigenvalue weighted by atomic mass is 79.9. The molecular weight excluding hydrogens is 295 g/mol. The van der Waals surface area contributed by atoms with Gasteiger partial charge < -0.3 is 4.74 Å². The van der Waals surface area contributed by atoms with E-state index in [9.17, 15) is 4.39 Å². The van der Waals surface area contributed by atoms with Crippen LogP contribution in [0.2, 0.25) is 0 Å². The second-order valence-corrected chi connectivity index (χ2v) is 4.60. The van der Waals surface area contributed by atoms with Gasteiger partial charge in [-0.2, -0.15) is 0 Å². The van der Waals surface area contributed by atoms with E-state index < -0.39 is 0 Å². The molecule has 2 aromatic carbocycles. The lowest BCUT2D eigenvalue weighted by Crippen LogP contribution is -1.97. The van der Waals surface area contributed by atoms with Crippen LogP contribution in [0.5, 0.6) is 0 Å². The van der Waals surface area contributed by atoms with E-state index in [-0.39, 0.29) is 5.82 Å².